The van der Waals surface area contributed by atoms with Gasteiger partial charge in [-0.2, -0.15) is 13.2 Å². The predicted molar refractivity (Wildman–Crippen MR) is 52.8 cm³/mol. The van der Waals surface area contributed by atoms with Crippen molar-refractivity contribution in [2.24, 2.45) is 17.3 Å². The lowest BCUT2D eigenvalue weighted by atomic mass is 10.1. The summed E-state index contributed by atoms with van der Waals surface area (Å²) >= 11 is 5.31. The Balaban J connectivity index is 2.90. The highest BCUT2D eigenvalue weighted by Crippen LogP contribution is 2.60. The van der Waals surface area contributed by atoms with Crippen molar-refractivity contribution in [3.63, 3.8) is 0 Å². The Kier molecular flexibility index (Phi) is 3.29. The maximum atomic E-state index is 12.4. The van der Waals surface area contributed by atoms with Crippen LogP contribution in [0.3, 0.4) is 0 Å². The highest BCUT2D eigenvalue weighted by Gasteiger charge is 2.61. The summed E-state index contributed by atoms with van der Waals surface area (Å²) in [6.07, 6.45) is -3.60. The van der Waals surface area contributed by atoms with Crippen molar-refractivity contribution in [1.29, 1.82) is 0 Å². The monoisotopic (exact) mass is 256 g/mol. The van der Waals surface area contributed by atoms with Crippen LogP contribution in [-0.2, 0) is 9.53 Å². The van der Waals surface area contributed by atoms with Crippen LogP contribution in [0.1, 0.15) is 13.8 Å². The van der Waals surface area contributed by atoms with Crippen molar-refractivity contribution in [3.8, 4) is 0 Å². The summed E-state index contributed by atoms with van der Waals surface area (Å²) in [7, 11) is 0.951. The van der Waals surface area contributed by atoms with Crippen LogP contribution in [0.2, 0.25) is 0 Å². The van der Waals surface area contributed by atoms with Crippen LogP contribution in [0.4, 0.5) is 13.2 Å². The van der Waals surface area contributed by atoms with E-state index in [-0.39, 0.29) is 0 Å². The van der Waals surface area contributed by atoms with Crippen molar-refractivity contribution in [3.05, 3.63) is 11.8 Å². The fourth-order valence-corrected chi connectivity index (χ4v) is 2.28. The molecule has 0 bridgehead atoms. The van der Waals surface area contributed by atoms with E-state index in [1.807, 2.05) is 0 Å². The third-order valence-corrected chi connectivity index (χ3v) is 3.22. The number of halogens is 4. The molecule has 1 aliphatic carbocycles. The molecule has 1 rings (SSSR count). The molecule has 6 heteroatoms. The molecular formula is C10H12ClF3O2. The molecule has 0 radical (unpaired) electrons. The van der Waals surface area contributed by atoms with Gasteiger partial charge in [0.05, 0.1) is 7.11 Å². The van der Waals surface area contributed by atoms with Gasteiger partial charge in [0.15, 0.2) is 5.76 Å². The molecule has 0 amide bonds. The van der Waals surface area contributed by atoms with Gasteiger partial charge in [-0.1, -0.05) is 13.8 Å². The van der Waals surface area contributed by atoms with Gasteiger partial charge in [0.25, 0.3) is 0 Å². The van der Waals surface area contributed by atoms with Crippen LogP contribution in [0.25, 0.3) is 0 Å². The summed E-state index contributed by atoms with van der Waals surface area (Å²) in [6.45, 7) is 3.39. The number of alkyl halides is 3. The molecular weight excluding hydrogens is 245 g/mol. The Morgan fingerprint density at radius 1 is 1.44 bits per heavy atom. The molecule has 1 saturated carbocycles. The van der Waals surface area contributed by atoms with Crippen LogP contribution in [0, 0.1) is 17.3 Å². The van der Waals surface area contributed by atoms with Crippen LogP contribution in [-0.4, -0.2) is 18.5 Å². The molecule has 0 aromatic carbocycles. The second-order valence-electron chi connectivity index (χ2n) is 4.36. The zero-order valence-electron chi connectivity index (χ0n) is 9.06. The Labute approximate surface area is 96.4 Å². The van der Waals surface area contributed by atoms with E-state index >= 15 is 0 Å². The van der Waals surface area contributed by atoms with Crippen molar-refractivity contribution in [2.75, 3.05) is 7.11 Å². The number of allylic oxidation sites excluding steroid dienone is 2. The van der Waals surface area contributed by atoms with Gasteiger partial charge in [-0.3, -0.25) is 4.79 Å². The SMILES string of the molecule is CO/C(=C\C1C(C(=O)Cl)C1(C)C)C(F)(F)F. The van der Waals surface area contributed by atoms with E-state index in [2.05, 4.69) is 4.74 Å². The Hall–Kier alpha value is -0.710. The Morgan fingerprint density at radius 3 is 2.19 bits per heavy atom. The number of rotatable bonds is 3. The molecule has 0 aromatic heterocycles. The van der Waals surface area contributed by atoms with Gasteiger partial charge in [0.2, 0.25) is 5.24 Å². The first-order valence-electron chi connectivity index (χ1n) is 4.64. The minimum absolute atomic E-state index is 0.519. The molecule has 0 N–H and O–H groups in total. The second kappa shape index (κ2) is 3.95. The first-order chi connectivity index (χ1) is 7.12. The molecule has 1 aliphatic rings. The molecule has 0 aliphatic heterocycles. The number of hydrogen-bond donors (Lipinski definition) is 0. The highest BCUT2D eigenvalue weighted by atomic mass is 35.5. The van der Waals surface area contributed by atoms with Crippen molar-refractivity contribution in [2.45, 2.75) is 20.0 Å². The second-order valence-corrected chi connectivity index (χ2v) is 4.73. The van der Waals surface area contributed by atoms with Crippen LogP contribution < -0.4 is 0 Å². The standard InChI is InChI=1S/C10H12ClF3O2/c1-9(2)5(7(9)8(11)15)4-6(16-3)10(12,13)14/h4-5,7H,1-3H3/b6-4-. The zero-order valence-corrected chi connectivity index (χ0v) is 9.82. The van der Waals surface area contributed by atoms with E-state index in [9.17, 15) is 18.0 Å². The van der Waals surface area contributed by atoms with Gasteiger partial charge in [-0.15, -0.1) is 0 Å². The van der Waals surface area contributed by atoms with E-state index in [1.54, 1.807) is 13.8 Å². The van der Waals surface area contributed by atoms with Crippen molar-refractivity contribution < 1.29 is 22.7 Å². The molecule has 2 unspecified atom stereocenters. The summed E-state index contributed by atoms with van der Waals surface area (Å²) in [5.74, 6) is -2.17. The van der Waals surface area contributed by atoms with Crippen molar-refractivity contribution in [1.82, 2.24) is 0 Å². The topological polar surface area (TPSA) is 26.3 Å². The van der Waals surface area contributed by atoms with Gasteiger partial charge < -0.3 is 4.74 Å². The summed E-state index contributed by atoms with van der Waals surface area (Å²) in [5, 5.41) is -0.608. The number of carbonyl (C=O) groups is 1. The number of methoxy groups -OCH3 is 1. The third-order valence-electron chi connectivity index (χ3n) is 2.99. The summed E-state index contributed by atoms with van der Waals surface area (Å²) < 4.78 is 41.4. The van der Waals surface area contributed by atoms with E-state index in [4.69, 9.17) is 11.6 Å². The molecule has 0 heterocycles. The lowest BCUT2D eigenvalue weighted by Crippen LogP contribution is -2.14. The first-order valence-corrected chi connectivity index (χ1v) is 5.02. The number of hydrogen-bond acceptors (Lipinski definition) is 2. The normalized spacial score (nSPS) is 28.8. The third kappa shape index (κ3) is 2.34. The molecule has 2 atom stereocenters. The van der Waals surface area contributed by atoms with E-state index in [1.165, 1.54) is 0 Å². The molecule has 2 nitrogen and oxygen atoms in total. The van der Waals surface area contributed by atoms with Crippen LogP contribution in [0.5, 0.6) is 0 Å². The minimum atomic E-state index is -4.53. The first kappa shape index (κ1) is 13.4. The van der Waals surface area contributed by atoms with E-state index < -0.39 is 34.4 Å². The molecule has 0 spiro atoms. The molecule has 0 aromatic rings. The number of ether oxygens (including phenoxy) is 1. The van der Waals surface area contributed by atoms with Gasteiger partial charge in [0, 0.05) is 5.92 Å². The van der Waals surface area contributed by atoms with E-state index in [0.717, 1.165) is 13.2 Å². The minimum Gasteiger partial charge on any atom is -0.492 e. The molecule has 1 fully saturated rings. The van der Waals surface area contributed by atoms with Gasteiger partial charge >= 0.3 is 6.18 Å². The maximum Gasteiger partial charge on any atom is 0.448 e. The van der Waals surface area contributed by atoms with Gasteiger partial charge in [-0.25, -0.2) is 0 Å². The quantitative estimate of drug-likeness (QED) is 0.573. The summed E-state index contributed by atoms with van der Waals surface area (Å²) in [5.41, 5.74) is -0.534. The van der Waals surface area contributed by atoms with Crippen LogP contribution >= 0.6 is 11.6 Å². The van der Waals surface area contributed by atoms with Crippen LogP contribution in [0.15, 0.2) is 11.8 Å². The Morgan fingerprint density at radius 2 is 1.94 bits per heavy atom. The lowest BCUT2D eigenvalue weighted by molar-refractivity contribution is -0.126. The van der Waals surface area contributed by atoms with E-state index in [0.29, 0.717) is 0 Å². The van der Waals surface area contributed by atoms with Gasteiger partial charge in [-0.05, 0) is 29.0 Å². The fraction of sp³-hybridized carbons (Fsp3) is 0.700. The summed E-state index contributed by atoms with van der Waals surface area (Å²) in [4.78, 5) is 11.0. The average molecular weight is 257 g/mol. The zero-order chi connectivity index (χ0) is 12.7. The molecule has 0 saturated heterocycles. The fourth-order valence-electron chi connectivity index (χ4n) is 1.86. The molecule has 92 valence electrons. The van der Waals surface area contributed by atoms with Crippen molar-refractivity contribution >= 4 is 16.8 Å². The number of carbonyl (C=O) groups excluding carboxylic acids is 1. The molecule has 16 heavy (non-hydrogen) atoms. The summed E-state index contributed by atoms with van der Waals surface area (Å²) in [6, 6.07) is 0. The van der Waals surface area contributed by atoms with Gasteiger partial charge in [0.1, 0.15) is 0 Å². The smallest absolute Gasteiger partial charge is 0.448 e. The largest absolute Gasteiger partial charge is 0.492 e. The maximum absolute atomic E-state index is 12.4. The average Bonchev–Trinajstić information content (AvgIpc) is 2.61. The Bertz CT molecular complexity index is 333. The highest BCUT2D eigenvalue weighted by molar-refractivity contribution is 6.64. The predicted octanol–water partition coefficient (Wildman–Crippen LogP) is 3.12. The lowest BCUT2D eigenvalue weighted by Gasteiger charge is -2.10.